The van der Waals surface area contributed by atoms with E-state index in [2.05, 4.69) is 12.0 Å². The fourth-order valence-electron chi connectivity index (χ4n) is 0.787. The molecule has 0 heterocycles. The summed E-state index contributed by atoms with van der Waals surface area (Å²) in [5.41, 5.74) is 0. The van der Waals surface area contributed by atoms with Crippen LogP contribution in [0.1, 0.15) is 32.1 Å². The quantitative estimate of drug-likeness (QED) is 0.427. The Morgan fingerprint density at radius 2 is 1.83 bits per heavy atom. The molecule has 0 rings (SSSR count). The minimum atomic E-state index is 0.633. The molecule has 0 aliphatic heterocycles. The predicted molar refractivity (Wildman–Crippen MR) is 48.4 cm³/mol. The third-order valence-electron chi connectivity index (χ3n) is 1.44. The van der Waals surface area contributed by atoms with Crippen molar-refractivity contribution in [2.45, 2.75) is 32.1 Å². The lowest BCUT2D eigenvalue weighted by atomic mass is 10.2. The summed E-state index contributed by atoms with van der Waals surface area (Å²) in [7, 11) is 0. The molecule has 0 spiro atoms. The van der Waals surface area contributed by atoms with Crippen LogP contribution in [0.25, 0.3) is 0 Å². The molecule has 12 heavy (non-hydrogen) atoms. The highest BCUT2D eigenvalue weighted by atomic mass is 16.5. The van der Waals surface area contributed by atoms with Gasteiger partial charge in [0.25, 0.3) is 0 Å². The number of nitriles is 1. The van der Waals surface area contributed by atoms with Crippen LogP contribution in [0.5, 0.6) is 0 Å². The standard InChI is InChI=1S/C10H15NO/c1-2-3-6-9-12-10-7-4-5-8-11/h1H,3-7,9-10H2. The van der Waals surface area contributed by atoms with Gasteiger partial charge in [-0.1, -0.05) is 0 Å². The van der Waals surface area contributed by atoms with Crippen LogP contribution in [-0.2, 0) is 4.74 Å². The summed E-state index contributed by atoms with van der Waals surface area (Å²) in [5, 5.41) is 8.23. The number of nitrogens with zero attached hydrogens (tertiary/aromatic N) is 1. The summed E-state index contributed by atoms with van der Waals surface area (Å²) in [5.74, 6) is 2.56. The summed E-state index contributed by atoms with van der Waals surface area (Å²) in [6.45, 7) is 1.50. The minimum absolute atomic E-state index is 0.633. The van der Waals surface area contributed by atoms with E-state index in [0.29, 0.717) is 6.42 Å². The summed E-state index contributed by atoms with van der Waals surface area (Å²) >= 11 is 0. The van der Waals surface area contributed by atoms with Gasteiger partial charge in [0, 0.05) is 26.1 Å². The molecule has 0 saturated carbocycles. The van der Waals surface area contributed by atoms with Crippen LogP contribution < -0.4 is 0 Å². The smallest absolute Gasteiger partial charge is 0.0621 e. The molecule has 66 valence electrons. The van der Waals surface area contributed by atoms with E-state index < -0.39 is 0 Å². The zero-order chi connectivity index (χ0) is 9.07. The molecule has 0 amide bonds. The normalized spacial score (nSPS) is 8.83. The Labute approximate surface area is 74.5 Å². The topological polar surface area (TPSA) is 33.0 Å². The first kappa shape index (κ1) is 11.0. The van der Waals surface area contributed by atoms with Gasteiger partial charge in [0.15, 0.2) is 0 Å². The highest BCUT2D eigenvalue weighted by Gasteiger charge is 1.88. The van der Waals surface area contributed by atoms with E-state index >= 15 is 0 Å². The maximum atomic E-state index is 8.23. The van der Waals surface area contributed by atoms with Crippen molar-refractivity contribution in [3.05, 3.63) is 0 Å². The molecular weight excluding hydrogens is 150 g/mol. The van der Waals surface area contributed by atoms with Crippen molar-refractivity contribution in [3.63, 3.8) is 0 Å². The van der Waals surface area contributed by atoms with Crippen LogP contribution in [0, 0.1) is 23.7 Å². The average Bonchev–Trinajstić information content (AvgIpc) is 2.10. The van der Waals surface area contributed by atoms with Crippen LogP contribution in [0.15, 0.2) is 0 Å². The lowest BCUT2D eigenvalue weighted by molar-refractivity contribution is 0.129. The minimum Gasteiger partial charge on any atom is -0.381 e. The first-order valence-corrected chi connectivity index (χ1v) is 4.30. The SMILES string of the molecule is C#CCCCOCCCCC#N. The van der Waals surface area contributed by atoms with Crippen molar-refractivity contribution >= 4 is 0 Å². The van der Waals surface area contributed by atoms with E-state index in [4.69, 9.17) is 16.4 Å². The second-order valence-electron chi connectivity index (χ2n) is 2.54. The zero-order valence-corrected chi connectivity index (χ0v) is 7.38. The third-order valence-corrected chi connectivity index (χ3v) is 1.44. The molecule has 0 unspecified atom stereocenters. The van der Waals surface area contributed by atoms with Crippen molar-refractivity contribution in [2.24, 2.45) is 0 Å². The Morgan fingerprint density at radius 3 is 2.50 bits per heavy atom. The monoisotopic (exact) mass is 165 g/mol. The summed E-state index contributed by atoms with van der Waals surface area (Å²) in [6.07, 6.45) is 9.34. The molecule has 0 aromatic heterocycles. The Kier molecular flexibility index (Phi) is 9.18. The Bertz CT molecular complexity index is 144. The molecule has 0 N–H and O–H groups in total. The Morgan fingerprint density at radius 1 is 1.08 bits per heavy atom. The van der Waals surface area contributed by atoms with E-state index in [9.17, 15) is 0 Å². The average molecular weight is 165 g/mol. The van der Waals surface area contributed by atoms with Crippen LogP contribution in [0.2, 0.25) is 0 Å². The van der Waals surface area contributed by atoms with Crippen molar-refractivity contribution in [1.82, 2.24) is 0 Å². The molecule has 0 aliphatic carbocycles. The van der Waals surface area contributed by atoms with Crippen LogP contribution in [-0.4, -0.2) is 13.2 Å². The second kappa shape index (κ2) is 10.0. The van der Waals surface area contributed by atoms with Gasteiger partial charge in [-0.05, 0) is 19.3 Å². The highest BCUT2D eigenvalue weighted by molar-refractivity contribution is 4.82. The van der Waals surface area contributed by atoms with E-state index in [1.165, 1.54) is 0 Å². The van der Waals surface area contributed by atoms with Gasteiger partial charge in [0.05, 0.1) is 6.07 Å². The van der Waals surface area contributed by atoms with Gasteiger partial charge < -0.3 is 4.74 Å². The van der Waals surface area contributed by atoms with E-state index in [1.54, 1.807) is 0 Å². The largest absolute Gasteiger partial charge is 0.381 e. The van der Waals surface area contributed by atoms with Crippen LogP contribution in [0.3, 0.4) is 0 Å². The van der Waals surface area contributed by atoms with Crippen molar-refractivity contribution < 1.29 is 4.74 Å². The molecule has 2 nitrogen and oxygen atoms in total. The highest BCUT2D eigenvalue weighted by Crippen LogP contribution is 1.95. The number of hydrogen-bond donors (Lipinski definition) is 0. The maximum Gasteiger partial charge on any atom is 0.0621 e. The van der Waals surface area contributed by atoms with Crippen molar-refractivity contribution in [2.75, 3.05) is 13.2 Å². The van der Waals surface area contributed by atoms with Crippen molar-refractivity contribution in [3.8, 4) is 18.4 Å². The lowest BCUT2D eigenvalue weighted by Gasteiger charge is -2.00. The first-order chi connectivity index (χ1) is 5.91. The van der Waals surface area contributed by atoms with Gasteiger partial charge >= 0.3 is 0 Å². The summed E-state index contributed by atoms with van der Waals surface area (Å²) in [6, 6.07) is 2.10. The lowest BCUT2D eigenvalue weighted by Crippen LogP contribution is -1.96. The molecule has 2 heteroatoms. The molecule has 0 fully saturated rings. The van der Waals surface area contributed by atoms with E-state index in [-0.39, 0.29) is 0 Å². The zero-order valence-electron chi connectivity index (χ0n) is 7.38. The van der Waals surface area contributed by atoms with Gasteiger partial charge in [-0.25, -0.2) is 0 Å². The Hall–Kier alpha value is -0.990. The van der Waals surface area contributed by atoms with Gasteiger partial charge in [-0.3, -0.25) is 0 Å². The third kappa shape index (κ3) is 9.01. The summed E-state index contributed by atoms with van der Waals surface area (Å²) < 4.78 is 5.28. The fourth-order valence-corrected chi connectivity index (χ4v) is 0.787. The number of ether oxygens (including phenoxy) is 1. The van der Waals surface area contributed by atoms with Gasteiger partial charge in [-0.2, -0.15) is 5.26 Å². The first-order valence-electron chi connectivity index (χ1n) is 4.30. The fraction of sp³-hybridized carbons (Fsp3) is 0.700. The maximum absolute atomic E-state index is 8.23. The number of terminal acetylenes is 1. The van der Waals surface area contributed by atoms with Crippen LogP contribution in [0.4, 0.5) is 0 Å². The molecule has 0 saturated heterocycles. The molecule has 0 bridgehead atoms. The molecular formula is C10H15NO. The van der Waals surface area contributed by atoms with Gasteiger partial charge in [0.1, 0.15) is 0 Å². The molecule has 0 radical (unpaired) electrons. The van der Waals surface area contributed by atoms with E-state index in [1.807, 2.05) is 0 Å². The van der Waals surface area contributed by atoms with Gasteiger partial charge in [-0.15, -0.1) is 12.3 Å². The predicted octanol–water partition coefficient (Wildman–Crippen LogP) is 2.11. The molecule has 0 aromatic rings. The number of unbranched alkanes of at least 4 members (excludes halogenated alkanes) is 3. The van der Waals surface area contributed by atoms with Crippen LogP contribution >= 0.6 is 0 Å². The van der Waals surface area contributed by atoms with E-state index in [0.717, 1.165) is 38.9 Å². The molecule has 0 aliphatic rings. The molecule has 0 atom stereocenters. The molecule has 0 aromatic carbocycles. The second-order valence-corrected chi connectivity index (χ2v) is 2.54. The van der Waals surface area contributed by atoms with Gasteiger partial charge in [0.2, 0.25) is 0 Å². The number of hydrogen-bond acceptors (Lipinski definition) is 2. The summed E-state index contributed by atoms with van der Waals surface area (Å²) in [4.78, 5) is 0. The number of rotatable bonds is 7. The van der Waals surface area contributed by atoms with Crippen molar-refractivity contribution in [1.29, 1.82) is 5.26 Å². The Balaban J connectivity index is 2.84.